The summed E-state index contributed by atoms with van der Waals surface area (Å²) in [6.45, 7) is 0. The largest absolute Gasteiger partial charge is 1.00 e. The molecule has 0 atom stereocenters. The first-order valence-corrected chi connectivity index (χ1v) is 2.45. The fourth-order valence-corrected chi connectivity index (χ4v) is 0. The summed E-state index contributed by atoms with van der Waals surface area (Å²) >= 11 is 0. The predicted octanol–water partition coefficient (Wildman–Crippen LogP) is -3.28. The van der Waals surface area contributed by atoms with Crippen LogP contribution in [0.4, 0.5) is 4.53 Å². The van der Waals surface area contributed by atoms with Gasteiger partial charge < -0.3 is 11.2 Å². The maximum absolute atomic E-state index is 10.2. The number of rotatable bonds is 1. The molecule has 0 rings (SSSR count). The van der Waals surface area contributed by atoms with Gasteiger partial charge in [0.05, 0.1) is 0 Å². The number of hydrogen-bond acceptors (Lipinski definition) is 2. The van der Waals surface area contributed by atoms with Crippen LogP contribution in [0.3, 0.4) is 0 Å². The standard InChI is InChI=1S/B.FH2O4P.Li.H/c;1-5-6(2,3)4;;/h;(H2,2,3,4);;/q;;+1;-1. The van der Waals surface area contributed by atoms with Crippen LogP contribution in [0.15, 0.2) is 0 Å². The molecule has 0 bridgehead atoms. The molecule has 0 saturated heterocycles. The van der Waals surface area contributed by atoms with Gasteiger partial charge in [0.25, 0.3) is 0 Å². The molecule has 0 aromatic rings. The van der Waals surface area contributed by atoms with Crippen molar-refractivity contribution in [3.05, 3.63) is 0 Å². The molecule has 0 spiro atoms. The summed E-state index contributed by atoms with van der Waals surface area (Å²) in [5.41, 5.74) is 0. The molecule has 0 aromatic heterocycles. The third-order valence-electron chi connectivity index (χ3n) is 0.0899. The Morgan fingerprint density at radius 2 is 1.75 bits per heavy atom. The molecular weight excluding hydrogens is 132 g/mol. The molecule has 0 aliphatic carbocycles. The molecule has 8 heavy (non-hydrogen) atoms. The third kappa shape index (κ3) is 15.9. The van der Waals surface area contributed by atoms with E-state index in [2.05, 4.69) is 4.73 Å². The van der Waals surface area contributed by atoms with Crippen LogP contribution in [0, 0.1) is 0 Å². The second-order valence-corrected chi connectivity index (χ2v) is 1.68. The van der Waals surface area contributed by atoms with E-state index in [0.29, 0.717) is 0 Å². The maximum Gasteiger partial charge on any atom is 1.00 e. The van der Waals surface area contributed by atoms with Crippen molar-refractivity contribution in [2.75, 3.05) is 0 Å². The zero-order chi connectivity index (χ0) is 5.21. The van der Waals surface area contributed by atoms with Crippen LogP contribution in [0.1, 0.15) is 1.43 Å². The molecule has 0 aromatic carbocycles. The normalized spacial score (nSPS) is 8.88. The third-order valence-corrected chi connectivity index (χ3v) is 0.270. The van der Waals surface area contributed by atoms with Gasteiger partial charge in [0.1, 0.15) is 0 Å². The van der Waals surface area contributed by atoms with Crippen molar-refractivity contribution in [2.24, 2.45) is 0 Å². The molecule has 0 aliphatic rings. The maximum atomic E-state index is 10.2. The average molecular weight is 135 g/mol. The van der Waals surface area contributed by atoms with Crippen LogP contribution in [-0.4, -0.2) is 18.2 Å². The Hall–Kier alpha value is 0.702. The van der Waals surface area contributed by atoms with Gasteiger partial charge in [0.15, 0.2) is 0 Å². The molecule has 0 amide bonds. The molecular formula is H3BFLiO4P. The van der Waals surface area contributed by atoms with Crippen LogP contribution in [0.2, 0.25) is 0 Å². The molecule has 0 fully saturated rings. The molecule has 4 nitrogen and oxygen atoms in total. The predicted molar refractivity (Wildman–Crippen MR) is 21.1 cm³/mol. The first-order chi connectivity index (χ1) is 2.56. The summed E-state index contributed by atoms with van der Waals surface area (Å²) in [7, 11) is -4.81. The number of phosphoric acid groups is 1. The topological polar surface area (TPSA) is 66.8 Å². The quantitative estimate of drug-likeness (QED) is 0.292. The minimum atomic E-state index is -4.81. The molecule has 0 heterocycles. The zero-order valence-electron chi connectivity index (χ0n) is 5.11. The smallest absolute Gasteiger partial charge is 1.00 e. The Bertz CT molecular complexity index is 84.6. The van der Waals surface area contributed by atoms with Gasteiger partial charge in [-0.1, -0.05) is 4.73 Å². The molecule has 0 saturated carbocycles. The minimum Gasteiger partial charge on any atom is -1.00 e. The summed E-state index contributed by atoms with van der Waals surface area (Å²) in [6.07, 6.45) is 0. The summed E-state index contributed by atoms with van der Waals surface area (Å²) in [5, 5.41) is 0. The van der Waals surface area contributed by atoms with Crippen molar-refractivity contribution in [1.82, 2.24) is 0 Å². The number of halogens is 1. The van der Waals surface area contributed by atoms with Crippen LogP contribution < -0.4 is 18.9 Å². The van der Waals surface area contributed by atoms with Crippen molar-refractivity contribution in [1.29, 1.82) is 0 Å². The summed E-state index contributed by atoms with van der Waals surface area (Å²) < 4.78 is 21.4. The van der Waals surface area contributed by atoms with Gasteiger partial charge in [0.2, 0.25) is 0 Å². The van der Waals surface area contributed by atoms with Crippen molar-refractivity contribution >= 4 is 16.2 Å². The number of hydrogen-bond donors (Lipinski definition) is 2. The van der Waals surface area contributed by atoms with E-state index in [9.17, 15) is 4.53 Å². The zero-order valence-corrected chi connectivity index (χ0v) is 5.01. The van der Waals surface area contributed by atoms with Crippen LogP contribution in [0.5, 0.6) is 0 Å². The van der Waals surface area contributed by atoms with Gasteiger partial charge in [-0.15, -0.1) is 0 Å². The Labute approximate surface area is 60.8 Å². The SMILES string of the molecule is O=P(O)(O)OF.[B].[H-].[Li+]. The van der Waals surface area contributed by atoms with E-state index >= 15 is 0 Å². The first kappa shape index (κ1) is 15.9. The molecule has 43 valence electrons. The van der Waals surface area contributed by atoms with Gasteiger partial charge >= 0.3 is 26.7 Å². The summed E-state index contributed by atoms with van der Waals surface area (Å²) in [4.78, 5) is 14.7. The van der Waals surface area contributed by atoms with Gasteiger partial charge in [-0.3, -0.25) is 0 Å². The van der Waals surface area contributed by atoms with E-state index in [1.54, 1.807) is 0 Å². The second kappa shape index (κ2) is 5.83. The second-order valence-electron chi connectivity index (χ2n) is 0.560. The average Bonchev–Trinajstić information content (AvgIpc) is 1.35. The molecule has 0 unspecified atom stereocenters. The van der Waals surface area contributed by atoms with E-state index < -0.39 is 7.82 Å². The van der Waals surface area contributed by atoms with Gasteiger partial charge in [0, 0.05) is 8.41 Å². The Kier molecular flexibility index (Phi) is 11.6. The van der Waals surface area contributed by atoms with E-state index in [4.69, 9.17) is 14.4 Å². The van der Waals surface area contributed by atoms with Gasteiger partial charge in [-0.25, -0.2) is 4.57 Å². The molecule has 3 radical (unpaired) electrons. The Morgan fingerprint density at radius 3 is 1.75 bits per heavy atom. The first-order valence-electron chi connectivity index (χ1n) is 0.919. The van der Waals surface area contributed by atoms with E-state index in [1.807, 2.05) is 0 Å². The monoisotopic (exact) mass is 135 g/mol. The van der Waals surface area contributed by atoms with Crippen molar-refractivity contribution in [2.45, 2.75) is 0 Å². The van der Waals surface area contributed by atoms with Crippen molar-refractivity contribution in [3.63, 3.8) is 0 Å². The fraction of sp³-hybridized carbons (Fsp3) is 0. The van der Waals surface area contributed by atoms with E-state index in [0.717, 1.165) is 0 Å². The summed E-state index contributed by atoms with van der Waals surface area (Å²) in [6, 6.07) is 0. The fourth-order valence-electron chi connectivity index (χ4n) is 0. The molecule has 8 heteroatoms. The van der Waals surface area contributed by atoms with E-state index in [-0.39, 0.29) is 28.7 Å². The summed E-state index contributed by atoms with van der Waals surface area (Å²) in [5.74, 6) is 0. The Morgan fingerprint density at radius 1 is 1.62 bits per heavy atom. The van der Waals surface area contributed by atoms with Gasteiger partial charge in [-0.2, -0.15) is 0 Å². The molecule has 0 aliphatic heterocycles. The Balaban J connectivity index is -0.0000000417. The van der Waals surface area contributed by atoms with Crippen molar-refractivity contribution < 1.29 is 43.9 Å². The molecule has 2 N–H and O–H groups in total. The van der Waals surface area contributed by atoms with Crippen LogP contribution >= 0.6 is 7.82 Å². The van der Waals surface area contributed by atoms with Crippen molar-refractivity contribution in [3.8, 4) is 0 Å². The van der Waals surface area contributed by atoms with E-state index in [1.165, 1.54) is 0 Å². The van der Waals surface area contributed by atoms with Crippen LogP contribution in [-0.2, 0) is 9.29 Å². The minimum absolute atomic E-state index is 0. The van der Waals surface area contributed by atoms with Gasteiger partial charge in [-0.05, 0) is 4.53 Å². The van der Waals surface area contributed by atoms with Crippen LogP contribution in [0.25, 0.3) is 0 Å².